The molecule has 5 nitrogen and oxygen atoms in total. The van der Waals surface area contributed by atoms with Crippen molar-refractivity contribution in [3.8, 4) is 11.6 Å². The van der Waals surface area contributed by atoms with E-state index in [1.165, 1.54) is 6.08 Å². The summed E-state index contributed by atoms with van der Waals surface area (Å²) in [4.78, 5) is 13.6. The maximum atomic E-state index is 10.1. The molecule has 0 saturated heterocycles. The molecule has 0 atom stereocenters. The molecule has 0 radical (unpaired) electrons. The summed E-state index contributed by atoms with van der Waals surface area (Å²) in [6.45, 7) is 0. The average Bonchev–Trinajstić information content (AvgIpc) is 2.33. The molecule has 0 bridgehead atoms. The van der Waals surface area contributed by atoms with E-state index in [0.29, 0.717) is 17.3 Å². The first-order chi connectivity index (χ1) is 8.28. The minimum atomic E-state index is 0.289. The molecule has 0 aliphatic rings. The topological polar surface area (TPSA) is 64.4 Å². The van der Waals surface area contributed by atoms with Crippen LogP contribution in [-0.4, -0.2) is 16.3 Å². The predicted octanol–water partition coefficient (Wildman–Crippen LogP) is 2.89. The Morgan fingerprint density at radius 3 is 2.82 bits per heavy atom. The molecule has 0 N–H and O–H groups in total. The van der Waals surface area contributed by atoms with Crippen LogP contribution in [-0.2, 0) is 4.79 Å². The summed E-state index contributed by atoms with van der Waals surface area (Å²) in [7, 11) is 0. The average molecular weight is 248 g/mol. The quantitative estimate of drug-likeness (QED) is 0.618. The lowest BCUT2D eigenvalue weighted by atomic mass is 10.3. The predicted molar refractivity (Wildman–Crippen MR) is 61.3 cm³/mol. The molecule has 0 spiro atoms. The Morgan fingerprint density at radius 1 is 1.24 bits per heavy atom. The number of aromatic nitrogens is 2. The number of carbonyl (C=O) groups excluding carboxylic acids is 1. The molecular formula is C11H6ClN3O2. The van der Waals surface area contributed by atoms with E-state index in [9.17, 15) is 4.79 Å². The van der Waals surface area contributed by atoms with Gasteiger partial charge in [-0.15, -0.1) is 10.2 Å². The van der Waals surface area contributed by atoms with Gasteiger partial charge in [0.05, 0.1) is 5.69 Å². The number of aliphatic imine (C=N–C) groups is 1. The first-order valence-corrected chi connectivity index (χ1v) is 5.01. The highest BCUT2D eigenvalue weighted by molar-refractivity contribution is 6.29. The molecule has 1 aromatic heterocycles. The van der Waals surface area contributed by atoms with Crippen molar-refractivity contribution >= 4 is 23.4 Å². The fraction of sp³-hybridized carbons (Fsp3) is 0. The van der Waals surface area contributed by atoms with Crippen LogP contribution < -0.4 is 4.74 Å². The number of hydrogen-bond acceptors (Lipinski definition) is 5. The number of rotatable bonds is 3. The first kappa shape index (κ1) is 11.3. The number of hydrogen-bond donors (Lipinski definition) is 0. The molecule has 6 heteroatoms. The standard InChI is InChI=1S/C11H6ClN3O2/c12-10-4-5-11(15-14-10)17-9-3-1-2-8(6-9)13-7-16/h1-6H. The summed E-state index contributed by atoms with van der Waals surface area (Å²) in [5.74, 6) is 0.805. The van der Waals surface area contributed by atoms with Crippen LogP contribution in [0.1, 0.15) is 0 Å². The first-order valence-electron chi connectivity index (χ1n) is 4.63. The van der Waals surface area contributed by atoms with Gasteiger partial charge in [-0.2, -0.15) is 4.99 Å². The Morgan fingerprint density at radius 2 is 2.12 bits per heavy atom. The third-order valence-electron chi connectivity index (χ3n) is 1.82. The van der Waals surface area contributed by atoms with Gasteiger partial charge in [-0.1, -0.05) is 17.7 Å². The molecule has 17 heavy (non-hydrogen) atoms. The van der Waals surface area contributed by atoms with E-state index in [-0.39, 0.29) is 5.15 Å². The summed E-state index contributed by atoms with van der Waals surface area (Å²) < 4.78 is 5.40. The molecule has 84 valence electrons. The van der Waals surface area contributed by atoms with Gasteiger partial charge in [-0.25, -0.2) is 4.79 Å². The Balaban J connectivity index is 2.20. The van der Waals surface area contributed by atoms with Gasteiger partial charge in [0.2, 0.25) is 12.0 Å². The summed E-state index contributed by atoms with van der Waals surface area (Å²) >= 11 is 5.59. The molecule has 0 unspecified atom stereocenters. The fourth-order valence-corrected chi connectivity index (χ4v) is 1.25. The van der Waals surface area contributed by atoms with Crippen LogP contribution in [0.4, 0.5) is 5.69 Å². The zero-order chi connectivity index (χ0) is 12.1. The van der Waals surface area contributed by atoms with Gasteiger partial charge < -0.3 is 4.74 Å². The van der Waals surface area contributed by atoms with E-state index < -0.39 is 0 Å². The molecule has 0 aliphatic carbocycles. The second-order valence-electron chi connectivity index (χ2n) is 3.00. The lowest BCUT2D eigenvalue weighted by molar-refractivity contribution is 0.455. The van der Waals surface area contributed by atoms with E-state index in [4.69, 9.17) is 16.3 Å². The fourth-order valence-electron chi connectivity index (χ4n) is 1.15. The molecule has 0 amide bonds. The third kappa shape index (κ3) is 3.11. The van der Waals surface area contributed by atoms with Crippen molar-refractivity contribution in [1.82, 2.24) is 10.2 Å². The van der Waals surface area contributed by atoms with Crippen molar-refractivity contribution in [2.75, 3.05) is 0 Å². The van der Waals surface area contributed by atoms with E-state index in [1.807, 2.05) is 0 Å². The molecule has 0 aliphatic heterocycles. The highest BCUT2D eigenvalue weighted by Crippen LogP contribution is 2.23. The largest absolute Gasteiger partial charge is 0.437 e. The van der Waals surface area contributed by atoms with Crippen LogP contribution in [0.15, 0.2) is 41.4 Å². The summed E-state index contributed by atoms with van der Waals surface area (Å²) in [6.07, 6.45) is 1.46. The van der Waals surface area contributed by atoms with Gasteiger partial charge in [-0.05, 0) is 18.2 Å². The molecule has 2 aromatic rings. The SMILES string of the molecule is O=C=Nc1cccc(Oc2ccc(Cl)nn2)c1. The van der Waals surface area contributed by atoms with Crippen LogP contribution in [0.25, 0.3) is 0 Å². The van der Waals surface area contributed by atoms with Crippen LogP contribution >= 0.6 is 11.6 Å². The summed E-state index contributed by atoms with van der Waals surface area (Å²) in [5, 5.41) is 7.66. The maximum Gasteiger partial charge on any atom is 0.240 e. The van der Waals surface area contributed by atoms with Gasteiger partial charge >= 0.3 is 0 Å². The van der Waals surface area contributed by atoms with Crippen molar-refractivity contribution < 1.29 is 9.53 Å². The van der Waals surface area contributed by atoms with E-state index in [0.717, 1.165) is 0 Å². The van der Waals surface area contributed by atoms with Crippen LogP contribution in [0.3, 0.4) is 0 Å². The Bertz CT molecular complexity index is 565. The van der Waals surface area contributed by atoms with Gasteiger partial charge in [0.15, 0.2) is 5.15 Å². The van der Waals surface area contributed by atoms with E-state index >= 15 is 0 Å². The maximum absolute atomic E-state index is 10.1. The Hall–Kier alpha value is -2.23. The lowest BCUT2D eigenvalue weighted by Crippen LogP contribution is -1.89. The molecule has 1 aromatic carbocycles. The van der Waals surface area contributed by atoms with Crippen molar-refractivity contribution in [2.24, 2.45) is 4.99 Å². The van der Waals surface area contributed by atoms with Gasteiger partial charge in [-0.3, -0.25) is 0 Å². The highest BCUT2D eigenvalue weighted by Gasteiger charge is 2.00. The van der Waals surface area contributed by atoms with Gasteiger partial charge in [0.1, 0.15) is 5.75 Å². The Labute approximate surface area is 102 Å². The molecular weight excluding hydrogens is 242 g/mol. The number of ether oxygens (including phenoxy) is 1. The molecule has 0 fully saturated rings. The van der Waals surface area contributed by atoms with E-state index in [1.54, 1.807) is 36.4 Å². The second-order valence-corrected chi connectivity index (χ2v) is 3.38. The van der Waals surface area contributed by atoms with E-state index in [2.05, 4.69) is 15.2 Å². The summed E-state index contributed by atoms with van der Waals surface area (Å²) in [6, 6.07) is 9.81. The zero-order valence-corrected chi connectivity index (χ0v) is 9.26. The van der Waals surface area contributed by atoms with Gasteiger partial charge in [0, 0.05) is 12.1 Å². The summed E-state index contributed by atoms with van der Waals surface area (Å²) in [5.41, 5.74) is 0.458. The smallest absolute Gasteiger partial charge is 0.240 e. The highest BCUT2D eigenvalue weighted by atomic mass is 35.5. The van der Waals surface area contributed by atoms with Crippen molar-refractivity contribution in [3.05, 3.63) is 41.6 Å². The van der Waals surface area contributed by atoms with Crippen molar-refractivity contribution in [3.63, 3.8) is 0 Å². The third-order valence-corrected chi connectivity index (χ3v) is 2.02. The Kier molecular flexibility index (Phi) is 3.45. The van der Waals surface area contributed by atoms with Crippen molar-refractivity contribution in [1.29, 1.82) is 0 Å². The minimum Gasteiger partial charge on any atom is -0.437 e. The molecule has 2 rings (SSSR count). The molecule has 0 saturated carbocycles. The van der Waals surface area contributed by atoms with Crippen LogP contribution in [0, 0.1) is 0 Å². The number of benzene rings is 1. The lowest BCUT2D eigenvalue weighted by Gasteiger charge is -2.03. The number of nitrogens with zero attached hydrogens (tertiary/aromatic N) is 3. The second kappa shape index (κ2) is 5.21. The van der Waals surface area contributed by atoms with Gasteiger partial charge in [0.25, 0.3) is 0 Å². The molecule has 1 heterocycles. The number of halogens is 1. The minimum absolute atomic E-state index is 0.289. The van der Waals surface area contributed by atoms with Crippen LogP contribution in [0.2, 0.25) is 5.15 Å². The monoisotopic (exact) mass is 247 g/mol. The number of isocyanates is 1. The van der Waals surface area contributed by atoms with Crippen LogP contribution in [0.5, 0.6) is 11.6 Å². The van der Waals surface area contributed by atoms with Crippen molar-refractivity contribution in [2.45, 2.75) is 0 Å². The normalized spacial score (nSPS) is 9.47. The zero-order valence-electron chi connectivity index (χ0n) is 8.50.